The maximum absolute atomic E-state index is 10.7. The Morgan fingerprint density at radius 2 is 2.25 bits per heavy atom. The second-order valence-electron chi connectivity index (χ2n) is 2.66. The predicted octanol–water partition coefficient (Wildman–Crippen LogP) is -0.483. The Balaban J connectivity index is 2.99. The molecular weight excluding hydrogens is 178 g/mol. The van der Waals surface area contributed by atoms with Gasteiger partial charge in [0, 0.05) is 13.2 Å². The number of rotatable bonds is 2. The number of aromatic nitrogens is 2. The molecule has 0 aliphatic heterocycles. The highest BCUT2D eigenvalue weighted by Crippen LogP contribution is 2.04. The van der Waals surface area contributed by atoms with Crippen molar-refractivity contribution in [3.8, 4) is 0 Å². The number of primary sulfonamides is 1. The van der Waals surface area contributed by atoms with Gasteiger partial charge in [-0.15, -0.1) is 0 Å². The highest BCUT2D eigenvalue weighted by Gasteiger charge is 2.09. The third-order valence-corrected chi connectivity index (χ3v) is 2.36. The van der Waals surface area contributed by atoms with Crippen molar-refractivity contribution < 1.29 is 8.42 Å². The molecule has 0 aliphatic carbocycles. The van der Waals surface area contributed by atoms with Gasteiger partial charge in [-0.1, -0.05) is 0 Å². The van der Waals surface area contributed by atoms with E-state index in [0.29, 0.717) is 5.69 Å². The monoisotopic (exact) mass is 189 g/mol. The van der Waals surface area contributed by atoms with Crippen LogP contribution >= 0.6 is 0 Å². The number of hydrogen-bond acceptors (Lipinski definition) is 3. The van der Waals surface area contributed by atoms with Crippen LogP contribution in [0.2, 0.25) is 0 Å². The van der Waals surface area contributed by atoms with E-state index in [2.05, 4.69) is 4.98 Å². The number of nitrogens with two attached hydrogens (primary N) is 1. The zero-order chi connectivity index (χ0) is 9.35. The summed E-state index contributed by atoms with van der Waals surface area (Å²) in [5.41, 5.74) is 0.606. The van der Waals surface area contributed by atoms with Crippen LogP contribution in [0.4, 0.5) is 0 Å². The summed E-state index contributed by atoms with van der Waals surface area (Å²) in [6.45, 7) is 1.80. The van der Waals surface area contributed by atoms with Crippen molar-refractivity contribution >= 4 is 10.0 Å². The summed E-state index contributed by atoms with van der Waals surface area (Å²) in [5, 5.41) is 4.88. The van der Waals surface area contributed by atoms with E-state index in [0.717, 1.165) is 5.82 Å². The molecule has 1 rings (SSSR count). The minimum absolute atomic E-state index is 0.162. The third-order valence-electron chi connectivity index (χ3n) is 1.67. The molecule has 0 radical (unpaired) electrons. The van der Waals surface area contributed by atoms with Crippen molar-refractivity contribution in [2.75, 3.05) is 0 Å². The van der Waals surface area contributed by atoms with Crippen LogP contribution in [0.25, 0.3) is 0 Å². The molecule has 0 spiro atoms. The Morgan fingerprint density at radius 3 is 2.58 bits per heavy atom. The fourth-order valence-corrected chi connectivity index (χ4v) is 1.57. The van der Waals surface area contributed by atoms with Gasteiger partial charge in [0.15, 0.2) is 0 Å². The molecule has 1 aromatic heterocycles. The van der Waals surface area contributed by atoms with E-state index in [-0.39, 0.29) is 5.75 Å². The molecule has 0 bridgehead atoms. The highest BCUT2D eigenvalue weighted by molar-refractivity contribution is 7.88. The number of aryl methyl sites for hydroxylation is 1. The van der Waals surface area contributed by atoms with Gasteiger partial charge < -0.3 is 4.57 Å². The largest absolute Gasteiger partial charge is 0.334 e. The van der Waals surface area contributed by atoms with Crippen LogP contribution in [0, 0.1) is 6.92 Å². The average molecular weight is 189 g/mol. The average Bonchev–Trinajstić information content (AvgIpc) is 2.16. The SMILES string of the molecule is Cc1ncc(CS(N)(=O)=O)n1C. The van der Waals surface area contributed by atoms with E-state index in [1.54, 1.807) is 18.5 Å². The van der Waals surface area contributed by atoms with Crippen molar-refractivity contribution in [2.24, 2.45) is 12.2 Å². The lowest BCUT2D eigenvalue weighted by Gasteiger charge is -2.00. The molecule has 12 heavy (non-hydrogen) atoms. The van der Waals surface area contributed by atoms with Crippen LogP contribution < -0.4 is 5.14 Å². The van der Waals surface area contributed by atoms with Crippen LogP contribution in [0.3, 0.4) is 0 Å². The molecule has 1 heterocycles. The Bertz CT molecular complexity index is 379. The molecule has 0 saturated carbocycles. The van der Waals surface area contributed by atoms with Gasteiger partial charge in [-0.2, -0.15) is 0 Å². The van der Waals surface area contributed by atoms with E-state index < -0.39 is 10.0 Å². The summed E-state index contributed by atoms with van der Waals surface area (Å²) >= 11 is 0. The lowest BCUT2D eigenvalue weighted by Crippen LogP contribution is -2.16. The predicted molar refractivity (Wildman–Crippen MR) is 44.8 cm³/mol. The van der Waals surface area contributed by atoms with Gasteiger partial charge in [-0.25, -0.2) is 18.5 Å². The topological polar surface area (TPSA) is 78.0 Å². The Kier molecular flexibility index (Phi) is 2.20. The lowest BCUT2D eigenvalue weighted by atomic mass is 10.5. The first-order valence-electron chi connectivity index (χ1n) is 3.38. The fraction of sp³-hybridized carbons (Fsp3) is 0.500. The Hall–Kier alpha value is -0.880. The molecule has 2 N–H and O–H groups in total. The quantitative estimate of drug-likeness (QED) is 0.682. The van der Waals surface area contributed by atoms with Gasteiger partial charge >= 0.3 is 0 Å². The molecule has 68 valence electrons. The van der Waals surface area contributed by atoms with Crippen LogP contribution in [0.1, 0.15) is 11.5 Å². The van der Waals surface area contributed by atoms with Crippen LogP contribution in [0.15, 0.2) is 6.20 Å². The highest BCUT2D eigenvalue weighted by atomic mass is 32.2. The summed E-state index contributed by atoms with van der Waals surface area (Å²) in [7, 11) is -1.69. The number of sulfonamides is 1. The minimum Gasteiger partial charge on any atom is -0.334 e. The molecule has 0 saturated heterocycles. The maximum atomic E-state index is 10.7. The van der Waals surface area contributed by atoms with Crippen LogP contribution in [0.5, 0.6) is 0 Å². The first-order chi connectivity index (χ1) is 5.40. The summed E-state index contributed by atoms with van der Waals surface area (Å²) in [5.74, 6) is 0.610. The third kappa shape index (κ3) is 2.05. The number of hydrogen-bond donors (Lipinski definition) is 1. The molecule has 0 amide bonds. The van der Waals surface area contributed by atoms with Crippen molar-refractivity contribution in [2.45, 2.75) is 12.7 Å². The number of nitrogens with zero attached hydrogens (tertiary/aromatic N) is 2. The van der Waals surface area contributed by atoms with E-state index in [1.165, 1.54) is 6.20 Å². The Labute approximate surface area is 71.3 Å². The Morgan fingerprint density at radius 1 is 1.67 bits per heavy atom. The molecule has 1 aromatic rings. The molecule has 5 nitrogen and oxygen atoms in total. The summed E-state index contributed by atoms with van der Waals surface area (Å²) in [6.07, 6.45) is 1.51. The number of imidazole rings is 1. The van der Waals surface area contributed by atoms with Crippen molar-refractivity contribution in [3.05, 3.63) is 17.7 Å². The van der Waals surface area contributed by atoms with E-state index >= 15 is 0 Å². The zero-order valence-corrected chi connectivity index (χ0v) is 7.80. The second-order valence-corrected chi connectivity index (χ2v) is 4.28. The van der Waals surface area contributed by atoms with Crippen molar-refractivity contribution in [3.63, 3.8) is 0 Å². The van der Waals surface area contributed by atoms with Crippen LogP contribution in [-0.2, 0) is 22.8 Å². The molecule has 0 aliphatic rings. The second kappa shape index (κ2) is 2.87. The first kappa shape index (κ1) is 9.21. The molecule has 0 aromatic carbocycles. The molecule has 0 atom stereocenters. The van der Waals surface area contributed by atoms with Gasteiger partial charge in [0.25, 0.3) is 0 Å². The normalized spacial score (nSPS) is 11.9. The summed E-state index contributed by atoms with van der Waals surface area (Å²) in [4.78, 5) is 3.94. The van der Waals surface area contributed by atoms with E-state index in [4.69, 9.17) is 5.14 Å². The van der Waals surface area contributed by atoms with Crippen molar-refractivity contribution in [1.82, 2.24) is 9.55 Å². The van der Waals surface area contributed by atoms with Gasteiger partial charge in [0.05, 0.1) is 5.69 Å². The van der Waals surface area contributed by atoms with Crippen molar-refractivity contribution in [1.29, 1.82) is 0 Å². The standard InChI is InChI=1S/C6H11N3O2S/c1-5-8-3-6(9(5)2)4-12(7,10)11/h3H,4H2,1-2H3,(H2,7,10,11). The lowest BCUT2D eigenvalue weighted by molar-refractivity contribution is 0.595. The summed E-state index contributed by atoms with van der Waals surface area (Å²) < 4.78 is 23.1. The zero-order valence-electron chi connectivity index (χ0n) is 6.98. The van der Waals surface area contributed by atoms with Gasteiger partial charge in [0.1, 0.15) is 11.6 Å². The summed E-state index contributed by atoms with van der Waals surface area (Å²) in [6, 6.07) is 0. The molecule has 0 unspecified atom stereocenters. The molecule has 6 heteroatoms. The smallest absolute Gasteiger partial charge is 0.214 e. The first-order valence-corrected chi connectivity index (χ1v) is 5.09. The van der Waals surface area contributed by atoms with Crippen LogP contribution in [-0.4, -0.2) is 18.0 Å². The van der Waals surface area contributed by atoms with E-state index in [1.807, 2.05) is 0 Å². The van der Waals surface area contributed by atoms with Gasteiger partial charge in [-0.05, 0) is 6.92 Å². The molecule has 0 fully saturated rings. The fourth-order valence-electron chi connectivity index (χ4n) is 0.889. The van der Waals surface area contributed by atoms with E-state index in [9.17, 15) is 8.42 Å². The minimum atomic E-state index is -3.45. The van der Waals surface area contributed by atoms with Gasteiger partial charge in [0.2, 0.25) is 10.0 Å². The maximum Gasteiger partial charge on any atom is 0.214 e. The molecular formula is C6H11N3O2S. The van der Waals surface area contributed by atoms with Gasteiger partial charge in [-0.3, -0.25) is 0 Å².